The van der Waals surface area contributed by atoms with Crippen molar-refractivity contribution in [2.75, 3.05) is 0 Å². The number of unbranched alkanes of at least 4 members (excludes halogenated alkanes) is 2. The first kappa shape index (κ1) is 23.8. The maximum Gasteiger partial charge on any atom is 0.466 e. The fourth-order valence-corrected chi connectivity index (χ4v) is 1.30. The maximum absolute atomic E-state index is 9.94. The van der Waals surface area contributed by atoms with Gasteiger partial charge in [-0.05, 0) is 25.3 Å². The third-order valence-electron chi connectivity index (χ3n) is 2.34. The molecule has 1 aromatic carbocycles. The van der Waals surface area contributed by atoms with Gasteiger partial charge in [-0.3, -0.25) is 4.89 Å². The summed E-state index contributed by atoms with van der Waals surface area (Å²) in [6.45, 7) is 6.88. The molecule has 132 valence electrons. The minimum atomic E-state index is -4.64. The van der Waals surface area contributed by atoms with E-state index < -0.39 is 13.8 Å². The van der Waals surface area contributed by atoms with Crippen molar-refractivity contribution in [2.24, 2.45) is 0 Å². The summed E-state index contributed by atoms with van der Waals surface area (Å²) in [5, 5.41) is 7.59. The van der Waals surface area contributed by atoms with Crippen molar-refractivity contribution in [1.29, 1.82) is 0 Å². The minimum absolute atomic E-state index is 0.183. The molecule has 0 aromatic heterocycles. The molecule has 8 heteroatoms. The zero-order chi connectivity index (χ0) is 18.3. The molecule has 0 fully saturated rings. The smallest absolute Gasteiger partial charge is 0.303 e. The zero-order valence-electron chi connectivity index (χ0n) is 13.4. The van der Waals surface area contributed by atoms with Gasteiger partial charge in [-0.15, -0.1) is 0 Å². The van der Waals surface area contributed by atoms with Crippen molar-refractivity contribution >= 4 is 13.8 Å². The average Bonchev–Trinajstić information content (AvgIpc) is 2.46. The van der Waals surface area contributed by atoms with Crippen molar-refractivity contribution in [2.45, 2.75) is 39.5 Å². The van der Waals surface area contributed by atoms with E-state index in [1.165, 1.54) is 38.2 Å². The van der Waals surface area contributed by atoms with Crippen molar-refractivity contribution < 1.29 is 34.2 Å². The molecule has 0 unspecified atom stereocenters. The van der Waals surface area contributed by atoms with E-state index in [0.717, 1.165) is 0 Å². The molecule has 0 aliphatic rings. The van der Waals surface area contributed by atoms with E-state index in [2.05, 4.69) is 48.7 Å². The molecule has 0 amide bonds. The lowest BCUT2D eigenvalue weighted by Gasteiger charge is -1.98. The van der Waals surface area contributed by atoms with Crippen LogP contribution in [0.3, 0.4) is 0 Å². The van der Waals surface area contributed by atoms with Crippen LogP contribution in [0.1, 0.15) is 38.7 Å². The second-order valence-corrected chi connectivity index (χ2v) is 5.64. The highest BCUT2D eigenvalue weighted by Gasteiger charge is 2.00. The summed E-state index contributed by atoms with van der Waals surface area (Å²) in [6, 6.07) is 10.7. The summed E-state index contributed by atoms with van der Waals surface area (Å²) in [6.07, 6.45) is 5.25. The van der Waals surface area contributed by atoms with Crippen LogP contribution in [0, 0.1) is 0 Å². The lowest BCUT2D eigenvalue weighted by molar-refractivity contribution is -0.229. The molecular formula is C15H25O7P. The largest absolute Gasteiger partial charge is 0.466 e. The van der Waals surface area contributed by atoms with E-state index in [9.17, 15) is 4.79 Å². The third kappa shape index (κ3) is 22.9. The molecule has 0 radical (unpaired) electrons. The summed E-state index contributed by atoms with van der Waals surface area (Å²) < 4.78 is 8.88. The monoisotopic (exact) mass is 348 g/mol. The van der Waals surface area contributed by atoms with Crippen molar-refractivity contribution in [3.05, 3.63) is 48.0 Å². The molecule has 0 spiro atoms. The zero-order valence-corrected chi connectivity index (χ0v) is 14.3. The molecule has 0 heterocycles. The fourth-order valence-electron chi connectivity index (χ4n) is 1.30. The van der Waals surface area contributed by atoms with Crippen LogP contribution < -0.4 is 0 Å². The van der Waals surface area contributed by atoms with E-state index >= 15 is 0 Å². The van der Waals surface area contributed by atoms with Gasteiger partial charge in [0.25, 0.3) is 0 Å². The van der Waals surface area contributed by atoms with E-state index in [1.54, 1.807) is 0 Å². The molecule has 1 aromatic rings. The summed E-state index contributed by atoms with van der Waals surface area (Å²) >= 11 is 0. The number of phosphoric acid groups is 1. The number of rotatable bonds is 5. The topological polar surface area (TPSA) is 124 Å². The highest BCUT2D eigenvalue weighted by Crippen LogP contribution is 2.25. The van der Waals surface area contributed by atoms with Gasteiger partial charge in [0.05, 0.1) is 0 Å². The predicted octanol–water partition coefficient (Wildman–Crippen LogP) is 3.07. The number of carbonyl (C=O) groups is 1. The Kier molecular flexibility index (Phi) is 14.6. The highest BCUT2D eigenvalue weighted by atomic mass is 31.2. The number of aryl methyl sites for hydroxylation is 1. The van der Waals surface area contributed by atoms with Gasteiger partial charge in [0.1, 0.15) is 0 Å². The quantitative estimate of drug-likeness (QED) is 0.212. The first-order valence-corrected chi connectivity index (χ1v) is 8.51. The summed E-state index contributed by atoms with van der Waals surface area (Å²) in [5.41, 5.74) is 1.66. The molecule has 0 bridgehead atoms. The molecule has 1 rings (SSSR count). The van der Waals surface area contributed by atoms with E-state index in [0.29, 0.717) is 0 Å². The lowest BCUT2D eigenvalue weighted by Crippen LogP contribution is -1.99. The van der Waals surface area contributed by atoms with Crippen LogP contribution in [0.5, 0.6) is 0 Å². The Morgan fingerprint density at radius 3 is 1.96 bits per heavy atom. The standard InChI is InChI=1S/C11H16.C4H6O3.H3O4P/c1-2-3-5-8-11-9-6-4-7-10-11;1-3(2)4(5)7-6;1-5(2,3)4/h4,6-7,9-10H,2-3,5,8H2,1H3;6H,1H2,2H3;(H3,1,2,3,4). The van der Waals surface area contributed by atoms with Gasteiger partial charge in [-0.1, -0.05) is 56.7 Å². The first-order valence-electron chi connectivity index (χ1n) is 6.95. The second kappa shape index (κ2) is 14.1. The summed E-state index contributed by atoms with van der Waals surface area (Å²) in [5.74, 6) is -0.792. The Hall–Kier alpha value is -1.50. The molecular weight excluding hydrogens is 323 g/mol. The van der Waals surface area contributed by atoms with Gasteiger partial charge in [-0.25, -0.2) is 9.36 Å². The minimum Gasteiger partial charge on any atom is -0.303 e. The Balaban J connectivity index is 0. The predicted molar refractivity (Wildman–Crippen MR) is 87.5 cm³/mol. The Labute approximate surface area is 136 Å². The normalized spacial score (nSPS) is 9.65. The Bertz CT molecular complexity index is 474. The van der Waals surface area contributed by atoms with Crippen LogP contribution >= 0.6 is 7.82 Å². The van der Waals surface area contributed by atoms with Gasteiger partial charge in [0, 0.05) is 5.57 Å². The van der Waals surface area contributed by atoms with Crippen LogP contribution in [0.4, 0.5) is 0 Å². The second-order valence-electron chi connectivity index (χ2n) is 4.62. The van der Waals surface area contributed by atoms with Gasteiger partial charge in [0.2, 0.25) is 0 Å². The highest BCUT2D eigenvalue weighted by molar-refractivity contribution is 7.45. The van der Waals surface area contributed by atoms with Crippen LogP contribution in [-0.4, -0.2) is 25.9 Å². The summed E-state index contributed by atoms with van der Waals surface area (Å²) in [7, 11) is -4.64. The van der Waals surface area contributed by atoms with Gasteiger partial charge >= 0.3 is 13.8 Å². The van der Waals surface area contributed by atoms with Crippen LogP contribution in [-0.2, 0) is 20.7 Å². The Morgan fingerprint density at radius 1 is 1.17 bits per heavy atom. The van der Waals surface area contributed by atoms with E-state index in [1.807, 2.05) is 0 Å². The average molecular weight is 348 g/mol. The molecule has 0 saturated heterocycles. The SMILES string of the molecule is C=C(C)C(=O)OO.CCCCCc1ccccc1.O=P(O)(O)O. The van der Waals surface area contributed by atoms with E-state index in [-0.39, 0.29) is 5.57 Å². The van der Waals surface area contributed by atoms with E-state index in [4.69, 9.17) is 24.5 Å². The number of hydrogen-bond donors (Lipinski definition) is 4. The van der Waals surface area contributed by atoms with Gasteiger partial charge in [-0.2, -0.15) is 5.26 Å². The van der Waals surface area contributed by atoms with Gasteiger partial charge in [0.15, 0.2) is 0 Å². The molecule has 0 aliphatic heterocycles. The van der Waals surface area contributed by atoms with Crippen molar-refractivity contribution in [3.8, 4) is 0 Å². The third-order valence-corrected chi connectivity index (χ3v) is 2.34. The molecule has 0 atom stereocenters. The molecule has 0 aliphatic carbocycles. The van der Waals surface area contributed by atoms with Crippen LogP contribution in [0.25, 0.3) is 0 Å². The van der Waals surface area contributed by atoms with Crippen molar-refractivity contribution in [1.82, 2.24) is 0 Å². The number of benzene rings is 1. The lowest BCUT2D eigenvalue weighted by atomic mass is 10.1. The molecule has 0 saturated carbocycles. The first-order chi connectivity index (χ1) is 10.6. The van der Waals surface area contributed by atoms with Crippen molar-refractivity contribution in [3.63, 3.8) is 0 Å². The maximum atomic E-state index is 9.94. The number of carbonyl (C=O) groups excluding carboxylic acids is 1. The molecule has 23 heavy (non-hydrogen) atoms. The molecule has 7 nitrogen and oxygen atoms in total. The molecule has 4 N–H and O–H groups in total. The van der Waals surface area contributed by atoms with Crippen LogP contribution in [0.15, 0.2) is 42.5 Å². The number of hydrogen-bond acceptors (Lipinski definition) is 4. The van der Waals surface area contributed by atoms with Gasteiger partial charge < -0.3 is 14.7 Å². The summed E-state index contributed by atoms with van der Waals surface area (Å²) in [4.78, 5) is 34.8. The Morgan fingerprint density at radius 2 is 1.65 bits per heavy atom. The fraction of sp³-hybridized carbons (Fsp3) is 0.400. The van der Waals surface area contributed by atoms with Crippen LogP contribution in [0.2, 0.25) is 0 Å².